The first kappa shape index (κ1) is 15.7. The van der Waals surface area contributed by atoms with Crippen LogP contribution in [0.25, 0.3) is 0 Å². The summed E-state index contributed by atoms with van der Waals surface area (Å²) in [6.45, 7) is 2.65. The van der Waals surface area contributed by atoms with Gasteiger partial charge >= 0.3 is 5.97 Å². The maximum absolute atomic E-state index is 11.5. The molecule has 0 aromatic heterocycles. The molecule has 0 aliphatic heterocycles. The lowest BCUT2D eigenvalue weighted by molar-refractivity contribution is -0.144. The van der Waals surface area contributed by atoms with E-state index < -0.39 is 11.5 Å². The third-order valence-electron chi connectivity index (χ3n) is 3.79. The Morgan fingerprint density at radius 3 is 2.80 bits per heavy atom. The molecule has 0 amide bonds. The van der Waals surface area contributed by atoms with Crippen LogP contribution in [-0.2, 0) is 10.5 Å². The molecule has 2 unspecified atom stereocenters. The maximum Gasteiger partial charge on any atom is 0.323 e. The zero-order chi connectivity index (χ0) is 14.6. The van der Waals surface area contributed by atoms with E-state index in [0.29, 0.717) is 24.6 Å². The van der Waals surface area contributed by atoms with Gasteiger partial charge in [-0.25, -0.2) is 0 Å². The average molecular weight is 314 g/mol. The largest absolute Gasteiger partial charge is 0.480 e. The number of halogens is 1. The van der Waals surface area contributed by atoms with E-state index in [9.17, 15) is 9.90 Å². The first-order chi connectivity index (χ1) is 9.55. The molecule has 110 valence electrons. The third kappa shape index (κ3) is 3.68. The molecule has 2 rings (SSSR count). The number of carboxylic acids is 1. The summed E-state index contributed by atoms with van der Waals surface area (Å²) < 4.78 is 0. The molecule has 20 heavy (non-hydrogen) atoms. The monoisotopic (exact) mass is 313 g/mol. The van der Waals surface area contributed by atoms with E-state index in [0.717, 1.165) is 17.2 Å². The Morgan fingerprint density at radius 1 is 1.50 bits per heavy atom. The van der Waals surface area contributed by atoms with Crippen molar-refractivity contribution in [2.24, 2.45) is 0 Å². The minimum atomic E-state index is -0.716. The van der Waals surface area contributed by atoms with Crippen LogP contribution >= 0.6 is 23.4 Å². The molecular formula is C15H20ClNO2S. The Labute approximate surface area is 129 Å². The zero-order valence-corrected chi connectivity index (χ0v) is 13.1. The van der Waals surface area contributed by atoms with Gasteiger partial charge in [0.2, 0.25) is 0 Å². The van der Waals surface area contributed by atoms with Gasteiger partial charge in [0.15, 0.2) is 0 Å². The van der Waals surface area contributed by atoms with Crippen molar-refractivity contribution in [3.63, 3.8) is 0 Å². The first-order valence-electron chi connectivity index (χ1n) is 6.90. The highest BCUT2D eigenvalue weighted by atomic mass is 35.5. The number of hydrogen-bond donors (Lipinski definition) is 2. The summed E-state index contributed by atoms with van der Waals surface area (Å²) in [6, 6.07) is 7.84. The van der Waals surface area contributed by atoms with Crippen LogP contribution in [-0.4, -0.2) is 28.4 Å². The Bertz CT molecular complexity index is 465. The quantitative estimate of drug-likeness (QED) is 0.843. The lowest BCUT2D eigenvalue weighted by Gasteiger charge is -2.25. The fraction of sp³-hybridized carbons (Fsp3) is 0.533. The molecule has 2 atom stereocenters. The fourth-order valence-electron chi connectivity index (χ4n) is 2.71. The van der Waals surface area contributed by atoms with Crippen LogP contribution in [0.5, 0.6) is 0 Å². The number of rotatable bonds is 6. The van der Waals surface area contributed by atoms with Gasteiger partial charge in [0.05, 0.1) is 0 Å². The van der Waals surface area contributed by atoms with Crippen molar-refractivity contribution >= 4 is 29.3 Å². The minimum Gasteiger partial charge on any atom is -0.480 e. The van der Waals surface area contributed by atoms with Crippen molar-refractivity contribution in [3.8, 4) is 0 Å². The van der Waals surface area contributed by atoms with E-state index in [1.165, 1.54) is 5.56 Å². The van der Waals surface area contributed by atoms with Crippen molar-refractivity contribution in [1.82, 2.24) is 5.32 Å². The lowest BCUT2D eigenvalue weighted by Crippen LogP contribution is -2.50. The molecule has 0 heterocycles. The van der Waals surface area contributed by atoms with E-state index >= 15 is 0 Å². The first-order valence-corrected chi connectivity index (χ1v) is 8.33. The predicted octanol–water partition coefficient (Wildman–Crippen LogP) is 3.56. The highest BCUT2D eigenvalue weighted by molar-refractivity contribution is 7.99. The van der Waals surface area contributed by atoms with E-state index in [-0.39, 0.29) is 0 Å². The van der Waals surface area contributed by atoms with E-state index in [1.807, 2.05) is 43.0 Å². The second-order valence-corrected chi connectivity index (χ2v) is 6.94. The van der Waals surface area contributed by atoms with Crippen LogP contribution in [0.3, 0.4) is 0 Å². The number of thioether (sulfide) groups is 1. The van der Waals surface area contributed by atoms with Gasteiger partial charge < -0.3 is 10.4 Å². The van der Waals surface area contributed by atoms with Crippen LogP contribution in [0.15, 0.2) is 24.3 Å². The molecular weight excluding hydrogens is 294 g/mol. The average Bonchev–Trinajstić information content (AvgIpc) is 2.83. The number of carboxylic acid groups (broad SMARTS) is 1. The van der Waals surface area contributed by atoms with Gasteiger partial charge in [-0.05, 0) is 43.5 Å². The molecule has 1 aromatic rings. The molecule has 1 aliphatic rings. The van der Waals surface area contributed by atoms with E-state index in [2.05, 4.69) is 5.32 Å². The van der Waals surface area contributed by atoms with Gasteiger partial charge in [0.25, 0.3) is 0 Å². The normalized spacial score (nSPS) is 25.8. The zero-order valence-electron chi connectivity index (χ0n) is 11.6. The highest BCUT2D eigenvalue weighted by Gasteiger charge is 2.44. The Morgan fingerprint density at radius 2 is 2.20 bits per heavy atom. The van der Waals surface area contributed by atoms with Crippen LogP contribution in [0.4, 0.5) is 0 Å². The summed E-state index contributed by atoms with van der Waals surface area (Å²) in [4.78, 5) is 11.5. The Hall–Kier alpha value is -0.710. The van der Waals surface area contributed by atoms with Gasteiger partial charge in [-0.3, -0.25) is 4.79 Å². The number of aliphatic carboxylic acids is 1. The maximum atomic E-state index is 11.5. The van der Waals surface area contributed by atoms with Crippen molar-refractivity contribution in [2.75, 3.05) is 6.54 Å². The summed E-state index contributed by atoms with van der Waals surface area (Å²) in [6.07, 6.45) is 2.38. The summed E-state index contributed by atoms with van der Waals surface area (Å²) in [7, 11) is 0. The number of carbonyl (C=O) groups is 1. The molecule has 5 heteroatoms. The lowest BCUT2D eigenvalue weighted by atomic mass is 9.98. The summed E-state index contributed by atoms with van der Waals surface area (Å²) in [5, 5.41) is 13.8. The molecule has 0 radical (unpaired) electrons. The number of hydrogen-bond acceptors (Lipinski definition) is 3. The number of likely N-dealkylation sites (N-methyl/N-ethyl adjacent to an activating group) is 1. The van der Waals surface area contributed by atoms with Crippen molar-refractivity contribution in [1.29, 1.82) is 0 Å². The molecule has 0 spiro atoms. The van der Waals surface area contributed by atoms with Gasteiger partial charge in [-0.1, -0.05) is 30.7 Å². The molecule has 1 aromatic carbocycles. The second-order valence-electron chi connectivity index (χ2n) is 5.22. The molecule has 1 aliphatic carbocycles. The molecule has 0 saturated heterocycles. The third-order valence-corrected chi connectivity index (χ3v) is 5.42. The number of benzene rings is 1. The fourth-order valence-corrected chi connectivity index (χ4v) is 4.14. The smallest absolute Gasteiger partial charge is 0.323 e. The van der Waals surface area contributed by atoms with Gasteiger partial charge in [0, 0.05) is 16.0 Å². The number of nitrogens with one attached hydrogen (secondary N) is 1. The summed E-state index contributed by atoms with van der Waals surface area (Å²) in [5.74, 6) is 0.192. The highest BCUT2D eigenvalue weighted by Crippen LogP contribution is 2.38. The Balaban J connectivity index is 1.89. The van der Waals surface area contributed by atoms with Crippen LogP contribution in [0.2, 0.25) is 5.02 Å². The molecule has 0 bridgehead atoms. The van der Waals surface area contributed by atoms with Gasteiger partial charge in [-0.15, -0.1) is 0 Å². The van der Waals surface area contributed by atoms with Crippen molar-refractivity contribution < 1.29 is 9.90 Å². The predicted molar refractivity (Wildman–Crippen MR) is 84.4 cm³/mol. The standard InChI is InChI=1S/C15H20ClNO2S/c1-2-17-15(14(18)19)8-7-13(9-15)20-10-11-3-5-12(16)6-4-11/h3-6,13,17H,2,7-10H2,1H3,(H,18,19). The molecule has 3 nitrogen and oxygen atoms in total. The topological polar surface area (TPSA) is 49.3 Å². The van der Waals surface area contributed by atoms with Crippen molar-refractivity contribution in [3.05, 3.63) is 34.9 Å². The SMILES string of the molecule is CCNC1(C(=O)O)CCC(SCc2ccc(Cl)cc2)C1. The summed E-state index contributed by atoms with van der Waals surface area (Å²) in [5.41, 5.74) is 0.516. The summed E-state index contributed by atoms with van der Waals surface area (Å²) >= 11 is 7.71. The van der Waals surface area contributed by atoms with Crippen molar-refractivity contribution in [2.45, 2.75) is 42.7 Å². The molecule has 1 saturated carbocycles. The van der Waals surface area contributed by atoms with Gasteiger partial charge in [0.1, 0.15) is 5.54 Å². The van der Waals surface area contributed by atoms with Crippen LogP contribution < -0.4 is 5.32 Å². The van der Waals surface area contributed by atoms with Crippen LogP contribution in [0.1, 0.15) is 31.7 Å². The minimum absolute atomic E-state index is 0.404. The van der Waals surface area contributed by atoms with E-state index in [4.69, 9.17) is 11.6 Å². The molecule has 1 fully saturated rings. The Kier molecular flexibility index (Phi) is 5.35. The second kappa shape index (κ2) is 6.83. The van der Waals surface area contributed by atoms with Crippen LogP contribution in [0, 0.1) is 0 Å². The molecule has 2 N–H and O–H groups in total. The van der Waals surface area contributed by atoms with Gasteiger partial charge in [-0.2, -0.15) is 11.8 Å². The van der Waals surface area contributed by atoms with E-state index in [1.54, 1.807) is 0 Å².